The van der Waals surface area contributed by atoms with Crippen molar-refractivity contribution in [2.45, 2.75) is 38.6 Å². The number of halogens is 1. The van der Waals surface area contributed by atoms with E-state index in [-0.39, 0.29) is 12.2 Å². The molecule has 0 spiro atoms. The summed E-state index contributed by atoms with van der Waals surface area (Å²) in [5, 5.41) is 10.1. The number of aryl methyl sites for hydroxylation is 1. The van der Waals surface area contributed by atoms with Crippen molar-refractivity contribution in [2.75, 3.05) is 26.2 Å². The molecular weight excluding hydrogens is 462 g/mol. The Morgan fingerprint density at radius 1 is 1.06 bits per heavy atom. The molecule has 3 aromatic rings. The summed E-state index contributed by atoms with van der Waals surface area (Å²) in [5.41, 5.74) is 8.29. The van der Waals surface area contributed by atoms with E-state index >= 15 is 0 Å². The van der Waals surface area contributed by atoms with Gasteiger partial charge in [0.2, 0.25) is 5.43 Å². The number of carbonyl (C=O) groups excluding carboxylic acids is 1. The lowest BCUT2D eigenvalue weighted by Crippen LogP contribution is -2.32. The van der Waals surface area contributed by atoms with Gasteiger partial charge in [-0.3, -0.25) is 9.59 Å². The zero-order chi connectivity index (χ0) is 24.8. The lowest BCUT2D eigenvalue weighted by atomic mass is 9.99. The molecular formula is C28H30ClN3O3. The van der Waals surface area contributed by atoms with E-state index in [9.17, 15) is 9.59 Å². The third-order valence-electron chi connectivity index (χ3n) is 6.52. The van der Waals surface area contributed by atoms with Crippen molar-refractivity contribution in [2.24, 2.45) is 5.73 Å². The molecule has 1 aliphatic heterocycles. The normalized spacial score (nSPS) is 14.0. The zero-order valence-electron chi connectivity index (χ0n) is 19.7. The number of benzene rings is 2. The molecule has 35 heavy (non-hydrogen) atoms. The molecule has 0 atom stereocenters. The van der Waals surface area contributed by atoms with Crippen LogP contribution in [0.15, 0.2) is 47.3 Å². The van der Waals surface area contributed by atoms with E-state index in [0.717, 1.165) is 37.1 Å². The fraction of sp³-hybridized carbons (Fsp3) is 0.357. The molecule has 1 saturated heterocycles. The van der Waals surface area contributed by atoms with E-state index in [1.807, 2.05) is 24.3 Å². The molecule has 0 aliphatic carbocycles. The number of carbonyl (C=O) groups is 1. The maximum Gasteiger partial charge on any atom is 0.254 e. The van der Waals surface area contributed by atoms with E-state index in [1.165, 1.54) is 19.3 Å². The predicted molar refractivity (Wildman–Crippen MR) is 140 cm³/mol. The molecule has 1 fully saturated rings. The standard InChI is InChI=1S/C28H30ClN3O3/c29-22-10-7-21(8-11-22)19-25-26(28(30)35)27(34)23-18-20(6-4-17-33)9-12-24(23)32(25)16-5-15-31-13-2-1-3-14-31/h7-12,18,33H,1-3,5,13-17,19H2,(H2,30,35). The molecule has 2 aromatic carbocycles. The number of pyridine rings is 1. The second-order valence-electron chi connectivity index (χ2n) is 8.92. The Morgan fingerprint density at radius 3 is 2.49 bits per heavy atom. The Morgan fingerprint density at radius 2 is 1.80 bits per heavy atom. The molecule has 1 aliphatic rings. The number of piperidine rings is 1. The van der Waals surface area contributed by atoms with Crippen molar-refractivity contribution in [3.63, 3.8) is 0 Å². The van der Waals surface area contributed by atoms with Gasteiger partial charge in [-0.1, -0.05) is 42.0 Å². The Balaban J connectivity index is 1.82. The molecule has 1 amide bonds. The van der Waals surface area contributed by atoms with Gasteiger partial charge in [-0.15, -0.1) is 0 Å². The van der Waals surface area contributed by atoms with Crippen LogP contribution in [0.25, 0.3) is 10.9 Å². The van der Waals surface area contributed by atoms with Gasteiger partial charge >= 0.3 is 0 Å². The van der Waals surface area contributed by atoms with Crippen molar-refractivity contribution in [1.82, 2.24) is 9.47 Å². The first kappa shape index (κ1) is 25.0. The van der Waals surface area contributed by atoms with Gasteiger partial charge in [0.15, 0.2) is 0 Å². The average Bonchev–Trinajstić information content (AvgIpc) is 2.86. The highest BCUT2D eigenvalue weighted by molar-refractivity contribution is 6.30. The number of fused-ring (bicyclic) bond motifs is 1. The quantitative estimate of drug-likeness (QED) is 0.494. The number of rotatable bonds is 7. The van der Waals surface area contributed by atoms with E-state index in [2.05, 4.69) is 21.3 Å². The van der Waals surface area contributed by atoms with Crippen LogP contribution in [0.1, 0.15) is 52.9 Å². The van der Waals surface area contributed by atoms with Crippen LogP contribution in [0, 0.1) is 11.8 Å². The van der Waals surface area contributed by atoms with Gasteiger partial charge in [-0.05, 0) is 74.8 Å². The van der Waals surface area contributed by atoms with Crippen molar-refractivity contribution in [1.29, 1.82) is 0 Å². The number of primary amides is 1. The molecule has 0 saturated carbocycles. The number of likely N-dealkylation sites (tertiary alicyclic amines) is 1. The zero-order valence-corrected chi connectivity index (χ0v) is 20.5. The minimum atomic E-state index is -0.738. The predicted octanol–water partition coefficient (Wildman–Crippen LogP) is 3.56. The molecule has 1 aromatic heterocycles. The fourth-order valence-corrected chi connectivity index (χ4v) is 4.97. The Labute approximate surface area is 210 Å². The molecule has 182 valence electrons. The fourth-order valence-electron chi connectivity index (χ4n) is 4.84. The summed E-state index contributed by atoms with van der Waals surface area (Å²) in [4.78, 5) is 28.5. The van der Waals surface area contributed by atoms with Gasteiger partial charge in [0.25, 0.3) is 5.91 Å². The first-order valence-electron chi connectivity index (χ1n) is 12.0. The number of aliphatic hydroxyl groups excluding tert-OH is 1. The number of nitrogens with two attached hydrogens (primary N) is 1. The largest absolute Gasteiger partial charge is 0.384 e. The van der Waals surface area contributed by atoms with Crippen LogP contribution in [-0.2, 0) is 13.0 Å². The number of aliphatic hydroxyl groups is 1. The summed E-state index contributed by atoms with van der Waals surface area (Å²) in [6.07, 6.45) is 5.01. The van der Waals surface area contributed by atoms with Crippen LogP contribution in [-0.4, -0.2) is 46.7 Å². The van der Waals surface area contributed by atoms with Crippen molar-refractivity contribution in [3.05, 3.63) is 80.1 Å². The van der Waals surface area contributed by atoms with Crippen molar-refractivity contribution in [3.8, 4) is 11.8 Å². The van der Waals surface area contributed by atoms with Gasteiger partial charge in [0, 0.05) is 34.6 Å². The highest BCUT2D eigenvalue weighted by Crippen LogP contribution is 2.22. The first-order chi connectivity index (χ1) is 17.0. The van der Waals surface area contributed by atoms with Crippen LogP contribution >= 0.6 is 11.6 Å². The number of nitrogens with zero attached hydrogens (tertiary/aromatic N) is 2. The molecule has 0 unspecified atom stereocenters. The van der Waals surface area contributed by atoms with Gasteiger partial charge in [-0.2, -0.15) is 0 Å². The smallest absolute Gasteiger partial charge is 0.254 e. The summed E-state index contributed by atoms with van der Waals surface area (Å²) in [6.45, 7) is 3.56. The Kier molecular flexibility index (Phi) is 8.25. The Bertz CT molecular complexity index is 1330. The minimum absolute atomic E-state index is 0.0117. The molecule has 4 rings (SSSR count). The molecule has 0 bridgehead atoms. The summed E-state index contributed by atoms with van der Waals surface area (Å²) in [5.74, 6) is 4.71. The van der Waals surface area contributed by atoms with E-state index in [4.69, 9.17) is 22.4 Å². The topological polar surface area (TPSA) is 88.6 Å². The van der Waals surface area contributed by atoms with Crippen molar-refractivity contribution >= 4 is 28.4 Å². The molecule has 6 nitrogen and oxygen atoms in total. The molecule has 3 N–H and O–H groups in total. The van der Waals surface area contributed by atoms with Gasteiger partial charge < -0.3 is 20.3 Å². The van der Waals surface area contributed by atoms with E-state index < -0.39 is 11.3 Å². The van der Waals surface area contributed by atoms with Gasteiger partial charge in [0.1, 0.15) is 12.2 Å². The molecule has 7 heteroatoms. The second-order valence-corrected chi connectivity index (χ2v) is 9.35. The van der Waals surface area contributed by atoms with Crippen LogP contribution < -0.4 is 11.2 Å². The van der Waals surface area contributed by atoms with Crippen LogP contribution in [0.4, 0.5) is 0 Å². The minimum Gasteiger partial charge on any atom is -0.384 e. The molecule has 2 heterocycles. The summed E-state index contributed by atoms with van der Waals surface area (Å²) < 4.78 is 2.07. The van der Waals surface area contributed by atoms with E-state index in [0.29, 0.717) is 34.6 Å². The van der Waals surface area contributed by atoms with Crippen LogP contribution in [0.5, 0.6) is 0 Å². The SMILES string of the molecule is NC(=O)c1c(Cc2ccc(Cl)cc2)n(CCCN2CCCCC2)c2ccc(C#CCO)cc2c1=O. The Hall–Kier alpha value is -3.11. The summed E-state index contributed by atoms with van der Waals surface area (Å²) in [7, 11) is 0. The van der Waals surface area contributed by atoms with Crippen LogP contribution in [0.3, 0.4) is 0 Å². The maximum atomic E-state index is 13.5. The summed E-state index contributed by atoms with van der Waals surface area (Å²) in [6, 6.07) is 12.8. The van der Waals surface area contributed by atoms with Gasteiger partial charge in [-0.25, -0.2) is 0 Å². The maximum absolute atomic E-state index is 13.5. The average molecular weight is 492 g/mol. The van der Waals surface area contributed by atoms with Crippen molar-refractivity contribution < 1.29 is 9.90 Å². The third-order valence-corrected chi connectivity index (χ3v) is 6.77. The molecule has 0 radical (unpaired) electrons. The first-order valence-corrected chi connectivity index (χ1v) is 12.4. The number of aromatic nitrogens is 1. The number of hydrogen-bond acceptors (Lipinski definition) is 4. The van der Waals surface area contributed by atoms with Gasteiger partial charge in [0.05, 0.1) is 5.52 Å². The monoisotopic (exact) mass is 491 g/mol. The lowest BCUT2D eigenvalue weighted by molar-refractivity contribution is 0.0997. The third kappa shape index (κ3) is 5.94. The second kappa shape index (κ2) is 11.5. The summed E-state index contributed by atoms with van der Waals surface area (Å²) >= 11 is 6.06. The van der Waals surface area contributed by atoms with E-state index in [1.54, 1.807) is 18.2 Å². The number of amides is 1. The van der Waals surface area contributed by atoms with Crippen LogP contribution in [0.2, 0.25) is 5.02 Å². The number of hydrogen-bond donors (Lipinski definition) is 2. The lowest BCUT2D eigenvalue weighted by Gasteiger charge is -2.27. The highest BCUT2D eigenvalue weighted by atomic mass is 35.5. The highest BCUT2D eigenvalue weighted by Gasteiger charge is 2.21.